The number of rotatable bonds is 11. The second-order valence-electron chi connectivity index (χ2n) is 7.89. The first kappa shape index (κ1) is 21.4. The van der Waals surface area contributed by atoms with Gasteiger partial charge < -0.3 is 18.9 Å². The average Bonchev–Trinajstić information content (AvgIpc) is 2.76. The van der Waals surface area contributed by atoms with Crippen molar-refractivity contribution in [3.05, 3.63) is 53.9 Å². The fraction of sp³-hybridized carbons (Fsp3) is 0.440. The highest BCUT2D eigenvalue weighted by atomic mass is 16.5. The van der Waals surface area contributed by atoms with Crippen LogP contribution in [0.5, 0.6) is 17.4 Å². The molecule has 0 radical (unpaired) electrons. The molecule has 4 rings (SSSR count). The van der Waals surface area contributed by atoms with Crippen molar-refractivity contribution in [1.82, 2.24) is 9.97 Å². The maximum absolute atomic E-state index is 6.14. The number of nitrogens with zero attached hydrogens (tertiary/aromatic N) is 2. The molecule has 0 aliphatic carbocycles. The molecule has 2 aromatic heterocycles. The fourth-order valence-electron chi connectivity index (χ4n) is 3.47. The second kappa shape index (κ2) is 10.4. The molecule has 1 fully saturated rings. The van der Waals surface area contributed by atoms with Gasteiger partial charge in [0.1, 0.15) is 18.1 Å². The molecule has 0 amide bonds. The van der Waals surface area contributed by atoms with Crippen LogP contribution in [0.2, 0.25) is 0 Å². The van der Waals surface area contributed by atoms with E-state index in [-0.39, 0.29) is 0 Å². The van der Waals surface area contributed by atoms with Crippen molar-refractivity contribution < 1.29 is 18.9 Å². The zero-order valence-electron chi connectivity index (χ0n) is 18.3. The second-order valence-corrected chi connectivity index (χ2v) is 7.89. The van der Waals surface area contributed by atoms with Crippen LogP contribution in [0.1, 0.15) is 37.4 Å². The van der Waals surface area contributed by atoms with Gasteiger partial charge in [-0.15, -0.1) is 0 Å². The molecule has 1 aliphatic rings. The van der Waals surface area contributed by atoms with Crippen molar-refractivity contribution in [3.63, 3.8) is 0 Å². The molecular weight excluding hydrogens is 392 g/mol. The lowest BCUT2D eigenvalue weighted by molar-refractivity contribution is -0.0401. The monoisotopic (exact) mass is 422 g/mol. The van der Waals surface area contributed by atoms with Gasteiger partial charge in [-0.25, -0.2) is 9.97 Å². The molecule has 31 heavy (non-hydrogen) atoms. The molecule has 1 aromatic carbocycles. The van der Waals surface area contributed by atoms with E-state index in [0.29, 0.717) is 31.6 Å². The molecular formula is C25H30N2O4. The number of aromatic nitrogens is 2. The summed E-state index contributed by atoms with van der Waals surface area (Å²) in [7, 11) is 0. The van der Waals surface area contributed by atoms with Crippen LogP contribution >= 0.6 is 0 Å². The van der Waals surface area contributed by atoms with E-state index < -0.39 is 0 Å². The minimum atomic E-state index is 0.316. The Morgan fingerprint density at radius 3 is 2.74 bits per heavy atom. The van der Waals surface area contributed by atoms with Gasteiger partial charge >= 0.3 is 0 Å². The summed E-state index contributed by atoms with van der Waals surface area (Å²) in [4.78, 5) is 9.13. The van der Waals surface area contributed by atoms with E-state index in [2.05, 4.69) is 18.0 Å². The molecule has 1 aliphatic heterocycles. The van der Waals surface area contributed by atoms with Crippen LogP contribution in [-0.2, 0) is 11.3 Å². The highest BCUT2D eigenvalue weighted by Crippen LogP contribution is 2.31. The summed E-state index contributed by atoms with van der Waals surface area (Å²) in [5, 5.41) is 1.03. The zero-order valence-corrected chi connectivity index (χ0v) is 18.3. The third kappa shape index (κ3) is 5.44. The summed E-state index contributed by atoms with van der Waals surface area (Å²) in [5.74, 6) is 2.79. The maximum Gasteiger partial charge on any atom is 0.217 e. The van der Waals surface area contributed by atoms with Crippen LogP contribution in [0.15, 0.2) is 42.6 Å². The average molecular weight is 423 g/mol. The Bertz CT molecular complexity index is 1000. The predicted octanol–water partition coefficient (Wildman–Crippen LogP) is 5.11. The Morgan fingerprint density at radius 2 is 1.94 bits per heavy atom. The van der Waals surface area contributed by atoms with E-state index in [9.17, 15) is 0 Å². The summed E-state index contributed by atoms with van der Waals surface area (Å²) in [6.45, 7) is 7.56. The van der Waals surface area contributed by atoms with Crippen LogP contribution < -0.4 is 14.2 Å². The maximum atomic E-state index is 6.14. The lowest BCUT2D eigenvalue weighted by Crippen LogP contribution is -2.28. The van der Waals surface area contributed by atoms with Gasteiger partial charge in [0.05, 0.1) is 37.6 Å². The molecule has 0 bridgehead atoms. The number of ether oxygens (including phenoxy) is 4. The SMILES string of the molecule is CCCCOc1c(C)c(COc2cc(OCCC3COC3)ccn2)nc2ccccc12. The number of fused-ring (bicyclic) bond motifs is 1. The lowest BCUT2D eigenvalue weighted by atomic mass is 10.1. The van der Waals surface area contributed by atoms with Gasteiger partial charge in [0, 0.05) is 29.1 Å². The molecule has 6 heteroatoms. The van der Waals surface area contributed by atoms with E-state index in [1.807, 2.05) is 37.3 Å². The summed E-state index contributed by atoms with van der Waals surface area (Å²) in [6.07, 6.45) is 4.82. The number of pyridine rings is 2. The third-order valence-electron chi connectivity index (χ3n) is 5.49. The minimum Gasteiger partial charge on any atom is -0.493 e. The number of benzene rings is 1. The molecule has 0 saturated carbocycles. The molecule has 164 valence electrons. The van der Waals surface area contributed by atoms with Crippen LogP contribution in [-0.4, -0.2) is 36.4 Å². The highest BCUT2D eigenvalue weighted by Gasteiger charge is 2.18. The lowest BCUT2D eigenvalue weighted by Gasteiger charge is -2.25. The first-order chi connectivity index (χ1) is 15.2. The van der Waals surface area contributed by atoms with Gasteiger partial charge in [-0.3, -0.25) is 0 Å². The van der Waals surface area contributed by atoms with Gasteiger partial charge in [-0.05, 0) is 38.0 Å². The summed E-state index contributed by atoms with van der Waals surface area (Å²) in [5.41, 5.74) is 2.76. The normalized spacial score (nSPS) is 13.7. The van der Waals surface area contributed by atoms with Gasteiger partial charge in [-0.2, -0.15) is 0 Å². The van der Waals surface area contributed by atoms with E-state index in [1.54, 1.807) is 6.20 Å². The van der Waals surface area contributed by atoms with E-state index in [4.69, 9.17) is 23.9 Å². The van der Waals surface area contributed by atoms with Crippen molar-refractivity contribution in [1.29, 1.82) is 0 Å². The molecule has 0 N–H and O–H groups in total. The molecule has 0 unspecified atom stereocenters. The van der Waals surface area contributed by atoms with Crippen molar-refractivity contribution in [2.75, 3.05) is 26.4 Å². The summed E-state index contributed by atoms with van der Waals surface area (Å²) >= 11 is 0. The molecule has 0 atom stereocenters. The largest absolute Gasteiger partial charge is 0.493 e. The highest BCUT2D eigenvalue weighted by molar-refractivity contribution is 5.86. The molecule has 3 heterocycles. The molecule has 6 nitrogen and oxygen atoms in total. The van der Waals surface area contributed by atoms with Gasteiger partial charge in [-0.1, -0.05) is 25.5 Å². The van der Waals surface area contributed by atoms with Crippen molar-refractivity contribution in [2.45, 2.75) is 39.7 Å². The number of unbranched alkanes of at least 4 members (excludes halogenated alkanes) is 1. The first-order valence-electron chi connectivity index (χ1n) is 11.0. The van der Waals surface area contributed by atoms with Gasteiger partial charge in [0.15, 0.2) is 0 Å². The topological polar surface area (TPSA) is 62.7 Å². The number of hydrogen-bond donors (Lipinski definition) is 0. The Kier molecular flexibility index (Phi) is 7.20. The minimum absolute atomic E-state index is 0.316. The van der Waals surface area contributed by atoms with Crippen molar-refractivity contribution >= 4 is 10.9 Å². The van der Waals surface area contributed by atoms with Gasteiger partial charge in [0.2, 0.25) is 5.88 Å². The van der Waals surface area contributed by atoms with E-state index >= 15 is 0 Å². The van der Waals surface area contributed by atoms with Crippen molar-refractivity contribution in [3.8, 4) is 17.4 Å². The first-order valence-corrected chi connectivity index (χ1v) is 11.0. The van der Waals surface area contributed by atoms with Crippen LogP contribution in [0.4, 0.5) is 0 Å². The van der Waals surface area contributed by atoms with E-state index in [1.165, 1.54) is 0 Å². The van der Waals surface area contributed by atoms with Gasteiger partial charge in [0.25, 0.3) is 0 Å². The van der Waals surface area contributed by atoms with Crippen LogP contribution in [0.3, 0.4) is 0 Å². The van der Waals surface area contributed by atoms with Crippen molar-refractivity contribution in [2.24, 2.45) is 5.92 Å². The quantitative estimate of drug-likeness (QED) is 0.400. The fourth-order valence-corrected chi connectivity index (χ4v) is 3.47. The number of para-hydroxylation sites is 1. The zero-order chi connectivity index (χ0) is 21.5. The standard InChI is InChI=1S/C25H30N2O4/c1-3-4-12-30-25-18(2)23(27-22-8-6-5-7-21(22)25)17-31-24-14-20(9-11-26-24)29-13-10-19-15-28-16-19/h5-9,11,14,19H,3-4,10,12-13,15-17H2,1-2H3. The van der Waals surface area contributed by atoms with E-state index in [0.717, 1.165) is 66.1 Å². The summed E-state index contributed by atoms with van der Waals surface area (Å²) < 4.78 is 23.2. The Labute approximate surface area is 183 Å². The molecule has 1 saturated heterocycles. The Morgan fingerprint density at radius 1 is 1.06 bits per heavy atom. The van der Waals surface area contributed by atoms with Crippen LogP contribution in [0.25, 0.3) is 10.9 Å². The van der Waals surface area contributed by atoms with Crippen LogP contribution in [0, 0.1) is 12.8 Å². The Hall–Kier alpha value is -2.86. The molecule has 0 spiro atoms. The Balaban J connectivity index is 1.44. The third-order valence-corrected chi connectivity index (χ3v) is 5.49. The molecule has 3 aromatic rings. The smallest absolute Gasteiger partial charge is 0.217 e. The number of hydrogen-bond acceptors (Lipinski definition) is 6. The summed E-state index contributed by atoms with van der Waals surface area (Å²) in [6, 6.07) is 11.7. The predicted molar refractivity (Wildman–Crippen MR) is 120 cm³/mol.